The van der Waals surface area contributed by atoms with Crippen molar-refractivity contribution in [3.05, 3.63) is 77.9 Å². The summed E-state index contributed by atoms with van der Waals surface area (Å²) in [7, 11) is 0. The summed E-state index contributed by atoms with van der Waals surface area (Å²) in [5.74, 6) is 0.834. The third-order valence-corrected chi connectivity index (χ3v) is 5.28. The summed E-state index contributed by atoms with van der Waals surface area (Å²) in [6.07, 6.45) is 4.84. The van der Waals surface area contributed by atoms with Gasteiger partial charge in [0.15, 0.2) is 0 Å². The Balaban J connectivity index is 1.47. The molecule has 1 amide bonds. The molecule has 0 spiro atoms. The highest BCUT2D eigenvalue weighted by molar-refractivity contribution is 5.98. The van der Waals surface area contributed by atoms with Gasteiger partial charge in [-0.25, -0.2) is 0 Å². The molecule has 0 radical (unpaired) electrons. The Labute approximate surface area is 173 Å². The zero-order valence-electron chi connectivity index (χ0n) is 16.5. The Morgan fingerprint density at radius 1 is 1.07 bits per heavy atom. The lowest BCUT2D eigenvalue weighted by molar-refractivity contribution is 0.0715. The van der Waals surface area contributed by atoms with Gasteiger partial charge >= 0.3 is 0 Å². The average Bonchev–Trinajstić information content (AvgIpc) is 3.55. The smallest absolute Gasteiger partial charge is 0.256 e. The molecule has 0 N–H and O–H groups in total. The first-order chi connectivity index (χ1) is 14.7. The quantitative estimate of drug-likeness (QED) is 0.520. The molecule has 5 rings (SSSR count). The lowest BCUT2D eigenvalue weighted by atomic mass is 10.1. The summed E-state index contributed by atoms with van der Waals surface area (Å²) >= 11 is 0. The van der Waals surface area contributed by atoms with Crippen LogP contribution in [0.15, 0.2) is 65.3 Å². The fraction of sp³-hybridized carbons (Fsp3) is 0.227. The van der Waals surface area contributed by atoms with Crippen molar-refractivity contribution < 1.29 is 9.21 Å². The van der Waals surface area contributed by atoms with Crippen LogP contribution in [0.25, 0.3) is 17.1 Å². The zero-order chi connectivity index (χ0) is 20.5. The molecule has 4 aromatic rings. The van der Waals surface area contributed by atoms with Crippen LogP contribution in [-0.2, 0) is 0 Å². The van der Waals surface area contributed by atoms with Crippen LogP contribution in [0.2, 0.25) is 0 Å². The third-order valence-electron chi connectivity index (χ3n) is 5.28. The number of nitrogens with zero attached hydrogens (tertiary/aromatic N) is 6. The van der Waals surface area contributed by atoms with Gasteiger partial charge in [-0.05, 0) is 44.0 Å². The minimum absolute atomic E-state index is 0.0899. The van der Waals surface area contributed by atoms with Gasteiger partial charge in [-0.3, -0.25) is 4.79 Å². The summed E-state index contributed by atoms with van der Waals surface area (Å²) in [6, 6.07) is 15.1. The van der Waals surface area contributed by atoms with Gasteiger partial charge in [-0.2, -0.15) is 15.0 Å². The first-order valence-electron chi connectivity index (χ1n) is 9.88. The molecule has 3 heterocycles. The number of carbonyl (C=O) groups excluding carboxylic acids is 1. The normalized spacial score (nSPS) is 16.2. The minimum Gasteiger partial charge on any atom is -0.418 e. The van der Waals surface area contributed by atoms with Crippen LogP contribution >= 0.6 is 0 Å². The molecule has 0 bridgehead atoms. The Kier molecular flexibility index (Phi) is 4.59. The summed E-state index contributed by atoms with van der Waals surface area (Å²) in [5, 5.41) is 16.8. The molecular formula is C22H20N6O2. The number of carbonyl (C=O) groups is 1. The Bertz CT molecular complexity index is 1170. The van der Waals surface area contributed by atoms with E-state index in [0.29, 0.717) is 29.6 Å². The first-order valence-corrected chi connectivity index (χ1v) is 9.88. The molecule has 1 fully saturated rings. The number of aryl methyl sites for hydroxylation is 1. The molecule has 30 heavy (non-hydrogen) atoms. The molecule has 1 saturated heterocycles. The van der Waals surface area contributed by atoms with Gasteiger partial charge in [0.05, 0.1) is 23.6 Å². The minimum atomic E-state index is -0.249. The van der Waals surface area contributed by atoms with E-state index in [0.717, 1.165) is 24.0 Å². The number of rotatable bonds is 4. The van der Waals surface area contributed by atoms with E-state index >= 15 is 0 Å². The van der Waals surface area contributed by atoms with Crippen molar-refractivity contribution in [2.75, 3.05) is 6.54 Å². The van der Waals surface area contributed by atoms with Gasteiger partial charge in [0.1, 0.15) is 6.04 Å². The van der Waals surface area contributed by atoms with E-state index in [1.54, 1.807) is 12.4 Å². The van der Waals surface area contributed by atoms with Crippen molar-refractivity contribution in [2.45, 2.75) is 25.8 Å². The number of aromatic nitrogens is 5. The fourth-order valence-corrected chi connectivity index (χ4v) is 3.82. The van der Waals surface area contributed by atoms with Crippen molar-refractivity contribution in [3.8, 4) is 17.1 Å². The number of likely N-dealkylation sites (tertiary alicyclic amines) is 1. The maximum Gasteiger partial charge on any atom is 0.256 e. The average molecular weight is 400 g/mol. The molecule has 150 valence electrons. The standard InChI is InChI=1S/C22H20N6O2/c1-15-9-10-18(28-23-11-12-24-28)17(14-15)22(29)27-13-5-8-19(27)21-26-25-20(30-21)16-6-3-2-4-7-16/h2-4,6-7,9-12,14,19H,5,8,13H2,1H3. The molecule has 8 heteroatoms. The largest absolute Gasteiger partial charge is 0.418 e. The maximum absolute atomic E-state index is 13.5. The van der Waals surface area contributed by atoms with E-state index in [1.807, 2.05) is 60.4 Å². The lowest BCUT2D eigenvalue weighted by Gasteiger charge is -2.23. The van der Waals surface area contributed by atoms with E-state index in [9.17, 15) is 4.79 Å². The predicted octanol–water partition coefficient (Wildman–Crippen LogP) is 3.60. The van der Waals surface area contributed by atoms with Gasteiger partial charge in [-0.15, -0.1) is 10.2 Å². The highest BCUT2D eigenvalue weighted by atomic mass is 16.4. The molecular weight excluding hydrogens is 380 g/mol. The van der Waals surface area contributed by atoms with E-state index in [1.165, 1.54) is 4.80 Å². The monoisotopic (exact) mass is 400 g/mol. The molecule has 8 nitrogen and oxygen atoms in total. The first kappa shape index (κ1) is 18.2. The number of amides is 1. The predicted molar refractivity (Wildman–Crippen MR) is 109 cm³/mol. The van der Waals surface area contributed by atoms with Crippen molar-refractivity contribution >= 4 is 5.91 Å². The summed E-state index contributed by atoms with van der Waals surface area (Å²) < 4.78 is 5.95. The van der Waals surface area contributed by atoms with Crippen molar-refractivity contribution in [1.29, 1.82) is 0 Å². The van der Waals surface area contributed by atoms with Gasteiger partial charge in [0.2, 0.25) is 11.8 Å². The second-order valence-corrected chi connectivity index (χ2v) is 7.31. The van der Waals surface area contributed by atoms with E-state index in [4.69, 9.17) is 4.42 Å². The molecule has 0 aliphatic carbocycles. The van der Waals surface area contributed by atoms with Gasteiger partial charge in [0.25, 0.3) is 5.91 Å². The Hall–Kier alpha value is -3.81. The topological polar surface area (TPSA) is 89.9 Å². The zero-order valence-corrected chi connectivity index (χ0v) is 16.5. The van der Waals surface area contributed by atoms with Crippen LogP contribution in [0.5, 0.6) is 0 Å². The molecule has 1 unspecified atom stereocenters. The third kappa shape index (κ3) is 3.26. The number of hydrogen-bond acceptors (Lipinski definition) is 6. The summed E-state index contributed by atoms with van der Waals surface area (Å²) in [4.78, 5) is 16.8. The SMILES string of the molecule is Cc1ccc(-n2nccn2)c(C(=O)N2CCCC2c2nnc(-c3ccccc3)o2)c1. The molecule has 2 aromatic heterocycles. The van der Waals surface area contributed by atoms with E-state index in [2.05, 4.69) is 20.4 Å². The fourth-order valence-electron chi connectivity index (χ4n) is 3.82. The second kappa shape index (κ2) is 7.55. The van der Waals surface area contributed by atoms with E-state index in [-0.39, 0.29) is 11.9 Å². The highest BCUT2D eigenvalue weighted by Gasteiger charge is 2.35. The summed E-state index contributed by atoms with van der Waals surface area (Å²) in [5.41, 5.74) is 3.06. The van der Waals surface area contributed by atoms with Gasteiger partial charge < -0.3 is 9.32 Å². The molecule has 0 saturated carbocycles. The molecule has 1 atom stereocenters. The molecule has 1 aliphatic rings. The maximum atomic E-state index is 13.5. The molecule has 2 aromatic carbocycles. The van der Waals surface area contributed by atoms with E-state index < -0.39 is 0 Å². The van der Waals surface area contributed by atoms with Gasteiger partial charge in [0, 0.05) is 12.1 Å². The number of benzene rings is 2. The van der Waals surface area contributed by atoms with Crippen molar-refractivity contribution in [2.24, 2.45) is 0 Å². The van der Waals surface area contributed by atoms with Crippen LogP contribution in [0.3, 0.4) is 0 Å². The summed E-state index contributed by atoms with van der Waals surface area (Å²) in [6.45, 7) is 2.59. The lowest BCUT2D eigenvalue weighted by Crippen LogP contribution is -2.31. The Morgan fingerprint density at radius 2 is 1.87 bits per heavy atom. The van der Waals surface area contributed by atoms with Gasteiger partial charge in [-0.1, -0.05) is 29.8 Å². The van der Waals surface area contributed by atoms with Crippen LogP contribution in [0, 0.1) is 6.92 Å². The van der Waals surface area contributed by atoms with Crippen LogP contribution in [0.4, 0.5) is 0 Å². The molecule has 1 aliphatic heterocycles. The van der Waals surface area contributed by atoms with Crippen LogP contribution in [0.1, 0.15) is 40.7 Å². The van der Waals surface area contributed by atoms with Crippen LogP contribution in [-0.4, -0.2) is 42.5 Å². The van der Waals surface area contributed by atoms with Crippen molar-refractivity contribution in [3.63, 3.8) is 0 Å². The van der Waals surface area contributed by atoms with Crippen molar-refractivity contribution in [1.82, 2.24) is 30.1 Å². The van der Waals surface area contributed by atoms with Crippen LogP contribution < -0.4 is 0 Å². The highest BCUT2D eigenvalue weighted by Crippen LogP contribution is 2.34. The second-order valence-electron chi connectivity index (χ2n) is 7.31. The Morgan fingerprint density at radius 3 is 2.67 bits per heavy atom. The number of hydrogen-bond donors (Lipinski definition) is 0.